The van der Waals surface area contributed by atoms with E-state index in [0.717, 1.165) is 31.7 Å². The second-order valence-corrected chi connectivity index (χ2v) is 3.84. The Morgan fingerprint density at radius 2 is 2.18 bits per heavy atom. The van der Waals surface area contributed by atoms with Crippen LogP contribution < -0.4 is 5.32 Å². The lowest BCUT2D eigenvalue weighted by Crippen LogP contribution is -2.32. The monoisotopic (exact) mass is 235 g/mol. The van der Waals surface area contributed by atoms with Gasteiger partial charge in [-0.1, -0.05) is 6.92 Å². The quantitative estimate of drug-likeness (QED) is 0.823. The first-order chi connectivity index (χ1) is 8.24. The van der Waals surface area contributed by atoms with E-state index in [9.17, 15) is 4.79 Å². The van der Waals surface area contributed by atoms with Crippen LogP contribution in [0, 0.1) is 0 Å². The van der Waals surface area contributed by atoms with E-state index in [1.807, 2.05) is 18.7 Å². The van der Waals surface area contributed by atoms with Gasteiger partial charge in [0.2, 0.25) is 0 Å². The van der Waals surface area contributed by atoms with E-state index in [2.05, 4.69) is 17.2 Å². The molecule has 0 spiro atoms. The third-order valence-electron chi connectivity index (χ3n) is 2.58. The van der Waals surface area contributed by atoms with Crippen molar-refractivity contribution in [3.05, 3.63) is 24.0 Å². The molecule has 1 amide bonds. The fraction of sp³-hybridized carbons (Fsp3) is 0.538. The SMILES string of the molecule is CCCN(CC)C(=O)c1ccncc1NCC. The number of hydrogen-bond acceptors (Lipinski definition) is 3. The van der Waals surface area contributed by atoms with Crippen molar-refractivity contribution >= 4 is 11.6 Å². The molecule has 0 aromatic carbocycles. The molecule has 17 heavy (non-hydrogen) atoms. The number of rotatable bonds is 6. The van der Waals surface area contributed by atoms with E-state index in [4.69, 9.17) is 0 Å². The van der Waals surface area contributed by atoms with Crippen molar-refractivity contribution in [3.63, 3.8) is 0 Å². The van der Waals surface area contributed by atoms with Crippen LogP contribution in [0.4, 0.5) is 5.69 Å². The van der Waals surface area contributed by atoms with Crippen molar-refractivity contribution in [3.8, 4) is 0 Å². The summed E-state index contributed by atoms with van der Waals surface area (Å²) < 4.78 is 0. The van der Waals surface area contributed by atoms with Gasteiger partial charge < -0.3 is 10.2 Å². The molecule has 1 rings (SSSR count). The molecule has 4 heteroatoms. The summed E-state index contributed by atoms with van der Waals surface area (Å²) in [5.41, 5.74) is 1.52. The van der Waals surface area contributed by atoms with Gasteiger partial charge in [0, 0.05) is 25.8 Å². The molecule has 0 unspecified atom stereocenters. The summed E-state index contributed by atoms with van der Waals surface area (Å²) in [7, 11) is 0. The zero-order valence-corrected chi connectivity index (χ0v) is 10.9. The number of anilines is 1. The molecule has 0 bridgehead atoms. The fourth-order valence-corrected chi connectivity index (χ4v) is 1.76. The Balaban J connectivity index is 2.93. The summed E-state index contributed by atoms with van der Waals surface area (Å²) >= 11 is 0. The first kappa shape index (κ1) is 13.5. The molecule has 4 nitrogen and oxygen atoms in total. The molecule has 1 aromatic rings. The molecule has 0 aliphatic heterocycles. The topological polar surface area (TPSA) is 45.2 Å². The highest BCUT2D eigenvalue weighted by molar-refractivity contribution is 5.99. The fourth-order valence-electron chi connectivity index (χ4n) is 1.76. The Labute approximate surface area is 103 Å². The number of amides is 1. The first-order valence-corrected chi connectivity index (χ1v) is 6.21. The van der Waals surface area contributed by atoms with Crippen molar-refractivity contribution in [1.29, 1.82) is 0 Å². The molecule has 0 radical (unpaired) electrons. The van der Waals surface area contributed by atoms with Gasteiger partial charge in [-0.25, -0.2) is 0 Å². The molecule has 0 fully saturated rings. The van der Waals surface area contributed by atoms with Crippen LogP contribution in [0.25, 0.3) is 0 Å². The van der Waals surface area contributed by atoms with Gasteiger partial charge in [0.1, 0.15) is 0 Å². The summed E-state index contributed by atoms with van der Waals surface area (Å²) in [5, 5.41) is 3.17. The number of carbonyl (C=O) groups is 1. The summed E-state index contributed by atoms with van der Waals surface area (Å²) in [4.78, 5) is 18.2. The normalized spacial score (nSPS) is 10.1. The van der Waals surface area contributed by atoms with Crippen molar-refractivity contribution in [2.45, 2.75) is 27.2 Å². The Morgan fingerprint density at radius 3 is 2.76 bits per heavy atom. The maximum atomic E-state index is 12.3. The molecule has 1 heterocycles. The van der Waals surface area contributed by atoms with Gasteiger partial charge in [-0.2, -0.15) is 0 Å². The average molecular weight is 235 g/mol. The maximum absolute atomic E-state index is 12.3. The van der Waals surface area contributed by atoms with Crippen molar-refractivity contribution in [2.24, 2.45) is 0 Å². The van der Waals surface area contributed by atoms with Crippen LogP contribution in [-0.2, 0) is 0 Å². The molecule has 1 N–H and O–H groups in total. The highest BCUT2D eigenvalue weighted by Gasteiger charge is 2.16. The Kier molecular flexibility index (Phi) is 5.46. The molecule has 0 aliphatic rings. The van der Waals surface area contributed by atoms with Crippen LogP contribution in [0.15, 0.2) is 18.5 Å². The smallest absolute Gasteiger partial charge is 0.256 e. The van der Waals surface area contributed by atoms with Crippen molar-refractivity contribution in [2.75, 3.05) is 25.0 Å². The predicted molar refractivity (Wildman–Crippen MR) is 70.3 cm³/mol. The molecule has 1 aromatic heterocycles. The Hall–Kier alpha value is -1.58. The summed E-state index contributed by atoms with van der Waals surface area (Å²) in [6.45, 7) is 8.40. The predicted octanol–water partition coefficient (Wildman–Crippen LogP) is 2.39. The lowest BCUT2D eigenvalue weighted by Gasteiger charge is -2.21. The largest absolute Gasteiger partial charge is 0.383 e. The number of hydrogen-bond donors (Lipinski definition) is 1. The van der Waals surface area contributed by atoms with E-state index < -0.39 is 0 Å². The zero-order chi connectivity index (χ0) is 12.7. The van der Waals surface area contributed by atoms with E-state index in [1.165, 1.54) is 0 Å². The van der Waals surface area contributed by atoms with Crippen LogP contribution >= 0.6 is 0 Å². The summed E-state index contributed by atoms with van der Waals surface area (Å²) in [6.07, 6.45) is 4.34. The minimum absolute atomic E-state index is 0.0766. The van der Waals surface area contributed by atoms with Gasteiger partial charge in [-0.05, 0) is 26.3 Å². The lowest BCUT2D eigenvalue weighted by molar-refractivity contribution is 0.0765. The summed E-state index contributed by atoms with van der Waals surface area (Å²) in [5.74, 6) is 0.0766. The van der Waals surface area contributed by atoms with Gasteiger partial charge in [-0.3, -0.25) is 9.78 Å². The molecule has 94 valence electrons. The molecule has 0 saturated carbocycles. The van der Waals surface area contributed by atoms with E-state index >= 15 is 0 Å². The highest BCUT2D eigenvalue weighted by atomic mass is 16.2. The van der Waals surface area contributed by atoms with Gasteiger partial charge in [-0.15, -0.1) is 0 Å². The van der Waals surface area contributed by atoms with Crippen LogP contribution in [-0.4, -0.2) is 35.4 Å². The van der Waals surface area contributed by atoms with E-state index in [1.54, 1.807) is 18.5 Å². The molecule has 0 atom stereocenters. The lowest BCUT2D eigenvalue weighted by atomic mass is 10.2. The third-order valence-corrected chi connectivity index (χ3v) is 2.58. The number of pyridine rings is 1. The second kappa shape index (κ2) is 6.89. The molecule has 0 saturated heterocycles. The highest BCUT2D eigenvalue weighted by Crippen LogP contribution is 2.15. The first-order valence-electron chi connectivity index (χ1n) is 6.21. The Morgan fingerprint density at radius 1 is 1.41 bits per heavy atom. The van der Waals surface area contributed by atoms with Crippen LogP contribution in [0.1, 0.15) is 37.6 Å². The third kappa shape index (κ3) is 3.44. The van der Waals surface area contributed by atoms with Crippen molar-refractivity contribution in [1.82, 2.24) is 9.88 Å². The maximum Gasteiger partial charge on any atom is 0.256 e. The minimum atomic E-state index is 0.0766. The Bertz CT molecular complexity index is 365. The average Bonchev–Trinajstić information content (AvgIpc) is 2.36. The number of aromatic nitrogens is 1. The second-order valence-electron chi connectivity index (χ2n) is 3.84. The minimum Gasteiger partial charge on any atom is -0.383 e. The number of nitrogens with zero attached hydrogens (tertiary/aromatic N) is 2. The zero-order valence-electron chi connectivity index (χ0n) is 10.9. The van der Waals surface area contributed by atoms with Gasteiger partial charge in [0.15, 0.2) is 0 Å². The van der Waals surface area contributed by atoms with E-state index in [0.29, 0.717) is 5.56 Å². The van der Waals surface area contributed by atoms with E-state index in [-0.39, 0.29) is 5.91 Å². The van der Waals surface area contributed by atoms with Crippen LogP contribution in [0.2, 0.25) is 0 Å². The van der Waals surface area contributed by atoms with Crippen LogP contribution in [0.3, 0.4) is 0 Å². The van der Waals surface area contributed by atoms with Crippen molar-refractivity contribution < 1.29 is 4.79 Å². The standard InChI is InChI=1S/C13H21N3O/c1-4-9-16(6-3)13(17)11-7-8-14-10-12(11)15-5-2/h7-8,10,15H,4-6,9H2,1-3H3. The van der Waals surface area contributed by atoms with Crippen LogP contribution in [0.5, 0.6) is 0 Å². The molecule has 0 aliphatic carbocycles. The molecular weight excluding hydrogens is 214 g/mol. The summed E-state index contributed by atoms with van der Waals surface area (Å²) in [6, 6.07) is 1.78. The number of carbonyl (C=O) groups excluding carboxylic acids is 1. The van der Waals surface area contributed by atoms with Gasteiger partial charge in [0.05, 0.1) is 17.4 Å². The van der Waals surface area contributed by atoms with Gasteiger partial charge in [0.25, 0.3) is 5.91 Å². The molecular formula is C13H21N3O. The number of nitrogens with one attached hydrogen (secondary N) is 1. The van der Waals surface area contributed by atoms with Gasteiger partial charge >= 0.3 is 0 Å².